The molecule has 0 spiro atoms. The van der Waals surface area contributed by atoms with E-state index in [9.17, 15) is 9.59 Å². The monoisotopic (exact) mass is 420 g/mol. The Bertz CT molecular complexity index is 1050. The fourth-order valence-corrected chi connectivity index (χ4v) is 3.94. The van der Waals surface area contributed by atoms with Crippen LogP contribution < -0.4 is 11.1 Å². The van der Waals surface area contributed by atoms with Crippen LogP contribution in [0.1, 0.15) is 29.9 Å². The van der Waals surface area contributed by atoms with Crippen LogP contribution in [0.3, 0.4) is 0 Å². The maximum absolute atomic E-state index is 12.4. The number of aliphatic carboxylic acids is 1. The minimum atomic E-state index is -1.03. The molecule has 0 radical (unpaired) electrons. The molecule has 0 fully saturated rings. The van der Waals surface area contributed by atoms with Crippen LogP contribution in [-0.2, 0) is 16.1 Å². The largest absolute Gasteiger partial charge is 0.480 e. The number of nitrogens with two attached hydrogens (primary N) is 1. The Morgan fingerprint density at radius 2 is 1.77 bits per heavy atom. The van der Waals surface area contributed by atoms with Gasteiger partial charge in [0.15, 0.2) is 0 Å². The molecule has 0 saturated carbocycles. The molecule has 4 rings (SSSR count). The van der Waals surface area contributed by atoms with Crippen LogP contribution in [-0.4, -0.2) is 39.4 Å². The van der Waals surface area contributed by atoms with Crippen molar-refractivity contribution in [1.29, 1.82) is 0 Å². The number of imidazole rings is 1. The molecule has 1 amide bonds. The lowest BCUT2D eigenvalue weighted by molar-refractivity contribution is -0.138. The quantitative estimate of drug-likeness (QED) is 0.514. The highest BCUT2D eigenvalue weighted by atomic mass is 16.5. The molecule has 1 heterocycles. The number of fused-ring (bicyclic) bond motifs is 3. The predicted molar refractivity (Wildman–Crippen MR) is 116 cm³/mol. The lowest BCUT2D eigenvalue weighted by atomic mass is 9.98. The molecule has 8 nitrogen and oxygen atoms in total. The van der Waals surface area contributed by atoms with Crippen LogP contribution in [0.4, 0.5) is 10.7 Å². The molecule has 3 aromatic rings. The van der Waals surface area contributed by atoms with E-state index in [0.717, 1.165) is 11.1 Å². The van der Waals surface area contributed by atoms with Crippen molar-refractivity contribution in [2.75, 3.05) is 11.9 Å². The van der Waals surface area contributed by atoms with Crippen molar-refractivity contribution in [1.82, 2.24) is 9.55 Å². The number of ether oxygens (including phenoxy) is 1. The van der Waals surface area contributed by atoms with Crippen LogP contribution in [0.5, 0.6) is 0 Å². The summed E-state index contributed by atoms with van der Waals surface area (Å²) in [4.78, 5) is 27.4. The Kier molecular flexibility index (Phi) is 5.99. The molecule has 0 saturated heterocycles. The van der Waals surface area contributed by atoms with Gasteiger partial charge in [0, 0.05) is 24.9 Å². The van der Waals surface area contributed by atoms with Gasteiger partial charge in [0.05, 0.1) is 0 Å². The standard InChI is InChI=1S/C23H24N4O4/c24-20(21(28)29)10-5-12-27-13-11-25-22(27)26-23(30)31-14-19-17-8-3-1-6-15(17)16-7-2-4-9-18(16)19/h1-4,6-9,11,13,19-20H,5,10,12,14,24H2,(H,28,29)(H,25,26,30). The summed E-state index contributed by atoms with van der Waals surface area (Å²) in [6, 6.07) is 15.4. The molecule has 1 atom stereocenters. The number of hydrogen-bond acceptors (Lipinski definition) is 5. The van der Waals surface area contributed by atoms with Crippen molar-refractivity contribution in [2.24, 2.45) is 5.73 Å². The van der Waals surface area contributed by atoms with Gasteiger partial charge in [-0.25, -0.2) is 9.78 Å². The number of hydrogen-bond donors (Lipinski definition) is 3. The van der Waals surface area contributed by atoms with Crippen LogP contribution >= 0.6 is 0 Å². The van der Waals surface area contributed by atoms with Gasteiger partial charge in [-0.05, 0) is 35.1 Å². The number of carboxylic acids is 1. The van der Waals surface area contributed by atoms with Gasteiger partial charge in [-0.3, -0.25) is 10.1 Å². The maximum Gasteiger partial charge on any atom is 0.414 e. The van der Waals surface area contributed by atoms with Gasteiger partial charge in [0.25, 0.3) is 0 Å². The van der Waals surface area contributed by atoms with Gasteiger partial charge < -0.3 is 20.1 Å². The minimum Gasteiger partial charge on any atom is -0.480 e. The summed E-state index contributed by atoms with van der Waals surface area (Å²) in [5, 5.41) is 11.5. The van der Waals surface area contributed by atoms with Crippen LogP contribution in [0.25, 0.3) is 11.1 Å². The zero-order valence-corrected chi connectivity index (χ0v) is 16.9. The normalized spacial score (nSPS) is 13.3. The number of carbonyl (C=O) groups excluding carboxylic acids is 1. The molecule has 0 aliphatic heterocycles. The van der Waals surface area contributed by atoms with Crippen LogP contribution in [0.15, 0.2) is 60.9 Å². The van der Waals surface area contributed by atoms with Crippen molar-refractivity contribution < 1.29 is 19.4 Å². The Morgan fingerprint density at radius 3 is 2.42 bits per heavy atom. The van der Waals surface area contributed by atoms with Gasteiger partial charge in [0.1, 0.15) is 12.6 Å². The van der Waals surface area contributed by atoms with Crippen molar-refractivity contribution in [3.63, 3.8) is 0 Å². The average Bonchev–Trinajstić information content (AvgIpc) is 3.34. The number of benzene rings is 2. The van der Waals surface area contributed by atoms with Gasteiger partial charge >= 0.3 is 12.1 Å². The molecule has 8 heteroatoms. The molecule has 1 unspecified atom stereocenters. The molecule has 2 aromatic carbocycles. The SMILES string of the molecule is NC(CCCn1ccnc1NC(=O)OCC1c2ccccc2-c2ccccc21)C(=O)O. The third kappa shape index (κ3) is 4.44. The number of aromatic nitrogens is 2. The first-order valence-electron chi connectivity index (χ1n) is 10.2. The van der Waals surface area contributed by atoms with Crippen LogP contribution in [0, 0.1) is 0 Å². The molecule has 1 aliphatic carbocycles. The van der Waals surface area contributed by atoms with E-state index in [1.54, 1.807) is 17.0 Å². The molecule has 1 aromatic heterocycles. The molecule has 0 bridgehead atoms. The lowest BCUT2D eigenvalue weighted by Gasteiger charge is -2.15. The average molecular weight is 420 g/mol. The third-order valence-electron chi connectivity index (χ3n) is 5.50. The topological polar surface area (TPSA) is 119 Å². The summed E-state index contributed by atoms with van der Waals surface area (Å²) < 4.78 is 7.27. The molecule has 160 valence electrons. The van der Waals surface area contributed by atoms with Crippen LogP contribution in [0.2, 0.25) is 0 Å². The molecular weight excluding hydrogens is 396 g/mol. The number of amides is 1. The van der Waals surface area contributed by atoms with E-state index in [4.69, 9.17) is 15.6 Å². The van der Waals surface area contributed by atoms with E-state index >= 15 is 0 Å². The highest BCUT2D eigenvalue weighted by Crippen LogP contribution is 2.44. The van der Waals surface area contributed by atoms with E-state index in [1.165, 1.54) is 11.1 Å². The number of carbonyl (C=O) groups is 2. The fourth-order valence-electron chi connectivity index (χ4n) is 3.94. The van der Waals surface area contributed by atoms with Crippen molar-refractivity contribution in [3.05, 3.63) is 72.1 Å². The fraction of sp³-hybridized carbons (Fsp3) is 0.261. The minimum absolute atomic E-state index is 0.0181. The second-order valence-corrected chi connectivity index (χ2v) is 7.48. The Labute approximate surface area is 179 Å². The van der Waals surface area contributed by atoms with Crippen molar-refractivity contribution in [3.8, 4) is 11.1 Å². The van der Waals surface area contributed by atoms with E-state index < -0.39 is 18.1 Å². The highest BCUT2D eigenvalue weighted by Gasteiger charge is 2.29. The van der Waals surface area contributed by atoms with Gasteiger partial charge in [0.2, 0.25) is 5.95 Å². The number of nitrogens with one attached hydrogen (secondary N) is 1. The Balaban J connectivity index is 1.36. The first-order valence-corrected chi connectivity index (χ1v) is 10.2. The summed E-state index contributed by atoms with van der Waals surface area (Å²) in [7, 11) is 0. The highest BCUT2D eigenvalue weighted by molar-refractivity contribution is 5.83. The van der Waals surface area contributed by atoms with E-state index in [-0.39, 0.29) is 12.5 Å². The van der Waals surface area contributed by atoms with E-state index in [2.05, 4.69) is 34.6 Å². The number of carboxylic acid groups (broad SMARTS) is 1. The molecular formula is C23H24N4O4. The third-order valence-corrected chi connectivity index (χ3v) is 5.50. The zero-order chi connectivity index (χ0) is 21.8. The van der Waals surface area contributed by atoms with Gasteiger partial charge in [-0.2, -0.15) is 0 Å². The molecule has 1 aliphatic rings. The number of anilines is 1. The number of aryl methyl sites for hydroxylation is 1. The van der Waals surface area contributed by atoms with Crippen molar-refractivity contribution in [2.45, 2.75) is 31.3 Å². The first kappa shape index (κ1) is 20.6. The summed E-state index contributed by atoms with van der Waals surface area (Å²) >= 11 is 0. The summed E-state index contributed by atoms with van der Waals surface area (Å²) in [6.07, 6.45) is 3.57. The second kappa shape index (κ2) is 9.01. The number of rotatable bonds is 8. The van der Waals surface area contributed by atoms with E-state index in [1.807, 2.05) is 24.3 Å². The summed E-state index contributed by atoms with van der Waals surface area (Å²) in [5.74, 6) is -0.695. The number of nitrogens with zero attached hydrogens (tertiary/aromatic N) is 2. The summed E-state index contributed by atoms with van der Waals surface area (Å²) in [5.41, 5.74) is 10.2. The zero-order valence-electron chi connectivity index (χ0n) is 16.9. The van der Waals surface area contributed by atoms with Gasteiger partial charge in [-0.15, -0.1) is 0 Å². The maximum atomic E-state index is 12.4. The molecule has 31 heavy (non-hydrogen) atoms. The Hall–Kier alpha value is -3.65. The smallest absolute Gasteiger partial charge is 0.414 e. The van der Waals surface area contributed by atoms with Crippen molar-refractivity contribution >= 4 is 18.0 Å². The van der Waals surface area contributed by atoms with E-state index in [0.29, 0.717) is 25.3 Å². The van der Waals surface area contributed by atoms with Gasteiger partial charge in [-0.1, -0.05) is 48.5 Å². The first-order chi connectivity index (χ1) is 15.0. The predicted octanol–water partition coefficient (Wildman–Crippen LogP) is 3.44. The Morgan fingerprint density at radius 1 is 1.13 bits per heavy atom. The summed E-state index contributed by atoms with van der Waals surface area (Å²) in [6.45, 7) is 0.702. The lowest BCUT2D eigenvalue weighted by Crippen LogP contribution is -2.30. The molecule has 4 N–H and O–H groups in total. The second-order valence-electron chi connectivity index (χ2n) is 7.48.